The van der Waals surface area contributed by atoms with E-state index in [1.165, 1.54) is 12.8 Å². The Morgan fingerprint density at radius 2 is 1.95 bits per heavy atom. The van der Waals surface area contributed by atoms with Crippen LogP contribution >= 0.6 is 0 Å². The minimum absolute atomic E-state index is 0.187. The fraction of sp³-hybridized carbons (Fsp3) is 1.00. The van der Waals surface area contributed by atoms with Crippen molar-refractivity contribution in [2.45, 2.75) is 64.5 Å². The number of piperidine rings is 1. The number of hydrogen-bond acceptors (Lipinski definition) is 3. The minimum atomic E-state index is -3.06. The molecule has 1 heterocycles. The maximum atomic E-state index is 12.5. The second-order valence-electron chi connectivity index (χ2n) is 6.44. The fourth-order valence-electron chi connectivity index (χ4n) is 2.64. The summed E-state index contributed by atoms with van der Waals surface area (Å²) in [4.78, 5) is 0. The van der Waals surface area contributed by atoms with Crippen molar-refractivity contribution in [3.63, 3.8) is 0 Å². The first-order valence-corrected chi connectivity index (χ1v) is 9.33. The number of rotatable bonds is 7. The molecule has 1 atom stereocenters. The molecule has 0 aromatic heterocycles. The molecule has 0 spiro atoms. The van der Waals surface area contributed by atoms with Crippen LogP contribution in [0.1, 0.15) is 52.4 Å². The summed E-state index contributed by atoms with van der Waals surface area (Å²) in [5.41, 5.74) is 0. The summed E-state index contributed by atoms with van der Waals surface area (Å²) in [7, 11) is -3.06. The highest BCUT2D eigenvalue weighted by Crippen LogP contribution is 2.24. The number of nitrogens with one attached hydrogen (secondary N) is 1. The Bertz CT molecular complexity index is 377. The Hall–Kier alpha value is -0.130. The van der Waals surface area contributed by atoms with Crippen molar-refractivity contribution >= 4 is 10.0 Å². The highest BCUT2D eigenvalue weighted by molar-refractivity contribution is 7.89. The van der Waals surface area contributed by atoms with Crippen LogP contribution in [0.2, 0.25) is 0 Å². The molecule has 2 fully saturated rings. The summed E-state index contributed by atoms with van der Waals surface area (Å²) in [6.45, 7) is 5.72. The van der Waals surface area contributed by atoms with Gasteiger partial charge in [-0.1, -0.05) is 20.3 Å². The van der Waals surface area contributed by atoms with Gasteiger partial charge in [-0.25, -0.2) is 8.42 Å². The van der Waals surface area contributed by atoms with Crippen molar-refractivity contribution < 1.29 is 8.42 Å². The van der Waals surface area contributed by atoms with E-state index < -0.39 is 10.0 Å². The second kappa shape index (κ2) is 6.55. The molecule has 19 heavy (non-hydrogen) atoms. The zero-order valence-electron chi connectivity index (χ0n) is 12.3. The Morgan fingerprint density at radius 1 is 1.21 bits per heavy atom. The minimum Gasteiger partial charge on any atom is -0.312 e. The lowest BCUT2D eigenvalue weighted by molar-refractivity contribution is 0.244. The molecule has 2 rings (SSSR count). The van der Waals surface area contributed by atoms with Gasteiger partial charge < -0.3 is 5.32 Å². The standard InChI is InChI=1S/C14H28N2O2S/c1-12(2)8-10-19(17,18)16-9-4-3-5-14(16)11-15-13-6-7-13/h12-15H,3-11H2,1-2H3. The third-order valence-corrected chi connectivity index (χ3v) is 6.05. The molecule has 0 aromatic carbocycles. The van der Waals surface area contributed by atoms with Crippen LogP contribution in [0.3, 0.4) is 0 Å². The molecule has 2 aliphatic rings. The van der Waals surface area contributed by atoms with Crippen LogP contribution in [0.25, 0.3) is 0 Å². The van der Waals surface area contributed by atoms with Crippen molar-refractivity contribution in [1.29, 1.82) is 0 Å². The highest BCUT2D eigenvalue weighted by Gasteiger charge is 2.33. The molecular weight excluding hydrogens is 260 g/mol. The normalized spacial score (nSPS) is 25.9. The largest absolute Gasteiger partial charge is 0.312 e. The van der Waals surface area contributed by atoms with Crippen LogP contribution in [-0.4, -0.2) is 43.6 Å². The van der Waals surface area contributed by atoms with Crippen molar-refractivity contribution in [2.24, 2.45) is 5.92 Å². The fourth-order valence-corrected chi connectivity index (χ4v) is 4.68. The van der Waals surface area contributed by atoms with E-state index in [0.717, 1.165) is 38.8 Å². The first-order valence-electron chi connectivity index (χ1n) is 7.72. The number of nitrogens with zero attached hydrogens (tertiary/aromatic N) is 1. The zero-order valence-corrected chi connectivity index (χ0v) is 13.1. The quantitative estimate of drug-likeness (QED) is 0.779. The molecular formula is C14H28N2O2S. The van der Waals surface area contributed by atoms with Gasteiger partial charge in [0.05, 0.1) is 5.75 Å². The average molecular weight is 288 g/mol. The van der Waals surface area contributed by atoms with E-state index in [0.29, 0.717) is 17.7 Å². The summed E-state index contributed by atoms with van der Waals surface area (Å²) in [5, 5.41) is 3.49. The van der Waals surface area contributed by atoms with Crippen LogP contribution < -0.4 is 5.32 Å². The smallest absolute Gasteiger partial charge is 0.214 e. The van der Waals surface area contributed by atoms with Gasteiger partial charge in [0, 0.05) is 25.2 Å². The van der Waals surface area contributed by atoms with Gasteiger partial charge in [0.15, 0.2) is 0 Å². The molecule has 1 N–H and O–H groups in total. The van der Waals surface area contributed by atoms with E-state index in [-0.39, 0.29) is 6.04 Å². The van der Waals surface area contributed by atoms with Crippen molar-refractivity contribution in [2.75, 3.05) is 18.8 Å². The lowest BCUT2D eigenvalue weighted by atomic mass is 10.1. The first kappa shape index (κ1) is 15.3. The van der Waals surface area contributed by atoms with Gasteiger partial charge in [0.25, 0.3) is 0 Å². The van der Waals surface area contributed by atoms with E-state index >= 15 is 0 Å². The Morgan fingerprint density at radius 3 is 2.58 bits per heavy atom. The maximum Gasteiger partial charge on any atom is 0.214 e. The molecule has 112 valence electrons. The van der Waals surface area contributed by atoms with Gasteiger partial charge in [-0.3, -0.25) is 0 Å². The molecule has 1 unspecified atom stereocenters. The van der Waals surface area contributed by atoms with E-state index in [1.54, 1.807) is 4.31 Å². The first-order chi connectivity index (χ1) is 8.99. The molecule has 5 heteroatoms. The van der Waals surface area contributed by atoms with Gasteiger partial charge in [-0.15, -0.1) is 0 Å². The summed E-state index contributed by atoms with van der Waals surface area (Å²) in [5.74, 6) is 0.757. The monoisotopic (exact) mass is 288 g/mol. The lowest BCUT2D eigenvalue weighted by Gasteiger charge is -2.35. The molecule has 0 radical (unpaired) electrons. The zero-order chi connectivity index (χ0) is 13.9. The molecule has 1 saturated carbocycles. The summed E-state index contributed by atoms with van der Waals surface area (Å²) >= 11 is 0. The summed E-state index contributed by atoms with van der Waals surface area (Å²) < 4.78 is 26.7. The predicted molar refractivity (Wildman–Crippen MR) is 78.6 cm³/mol. The van der Waals surface area contributed by atoms with Crippen molar-refractivity contribution in [3.05, 3.63) is 0 Å². The van der Waals surface area contributed by atoms with Gasteiger partial charge in [0.1, 0.15) is 0 Å². The summed E-state index contributed by atoms with van der Waals surface area (Å²) in [6.07, 6.45) is 6.47. The van der Waals surface area contributed by atoms with Crippen LogP contribution in [0, 0.1) is 5.92 Å². The molecule has 0 amide bonds. The predicted octanol–water partition coefficient (Wildman–Crippen LogP) is 1.97. The summed E-state index contributed by atoms with van der Waals surface area (Å²) in [6, 6.07) is 0.841. The molecule has 0 bridgehead atoms. The van der Waals surface area contributed by atoms with Crippen molar-refractivity contribution in [1.82, 2.24) is 9.62 Å². The Kier molecular flexibility index (Phi) is 5.26. The van der Waals surface area contributed by atoms with Gasteiger partial charge in [-0.05, 0) is 38.0 Å². The van der Waals surface area contributed by atoms with Crippen molar-refractivity contribution in [3.8, 4) is 0 Å². The molecule has 4 nitrogen and oxygen atoms in total. The molecule has 0 aromatic rings. The van der Waals surface area contributed by atoms with Crippen LogP contribution in [0.5, 0.6) is 0 Å². The third-order valence-electron chi connectivity index (χ3n) is 4.10. The maximum absolute atomic E-state index is 12.5. The van der Waals surface area contributed by atoms with E-state index in [1.807, 2.05) is 0 Å². The van der Waals surface area contributed by atoms with E-state index in [9.17, 15) is 8.42 Å². The van der Waals surface area contributed by atoms with Gasteiger partial charge in [0.2, 0.25) is 10.0 Å². The lowest BCUT2D eigenvalue weighted by Crippen LogP contribution is -2.49. The molecule has 1 aliphatic carbocycles. The highest BCUT2D eigenvalue weighted by atomic mass is 32.2. The SMILES string of the molecule is CC(C)CCS(=O)(=O)N1CCCCC1CNC1CC1. The molecule has 1 saturated heterocycles. The van der Waals surface area contributed by atoms with E-state index in [4.69, 9.17) is 0 Å². The van der Waals surface area contributed by atoms with Crippen LogP contribution in [-0.2, 0) is 10.0 Å². The second-order valence-corrected chi connectivity index (χ2v) is 8.48. The Labute approximate surface area is 118 Å². The van der Waals surface area contributed by atoms with Crippen LogP contribution in [0.4, 0.5) is 0 Å². The Balaban J connectivity index is 1.92. The molecule has 1 aliphatic heterocycles. The van der Waals surface area contributed by atoms with Gasteiger partial charge >= 0.3 is 0 Å². The number of sulfonamides is 1. The van der Waals surface area contributed by atoms with Gasteiger partial charge in [-0.2, -0.15) is 4.31 Å². The number of hydrogen-bond donors (Lipinski definition) is 1. The topological polar surface area (TPSA) is 49.4 Å². The van der Waals surface area contributed by atoms with Crippen LogP contribution in [0.15, 0.2) is 0 Å². The average Bonchev–Trinajstić information content (AvgIpc) is 3.18. The third kappa shape index (κ3) is 4.72. The van der Waals surface area contributed by atoms with E-state index in [2.05, 4.69) is 19.2 Å².